The van der Waals surface area contributed by atoms with Gasteiger partial charge in [-0.2, -0.15) is 0 Å². The zero-order chi connectivity index (χ0) is 24.7. The summed E-state index contributed by atoms with van der Waals surface area (Å²) in [7, 11) is 0. The minimum Gasteiger partial charge on any atom is -0.335 e. The predicted octanol–water partition coefficient (Wildman–Crippen LogP) is 3.54. The fourth-order valence-corrected chi connectivity index (χ4v) is 4.41. The van der Waals surface area contributed by atoms with Crippen LogP contribution in [0.2, 0.25) is 0 Å². The summed E-state index contributed by atoms with van der Waals surface area (Å²) in [6, 6.07) is 15.3. The third-order valence-electron chi connectivity index (χ3n) is 5.90. The summed E-state index contributed by atoms with van der Waals surface area (Å²) >= 11 is 0. The molecule has 2 N–H and O–H groups in total. The predicted molar refractivity (Wildman–Crippen MR) is 132 cm³/mol. The number of carbonyl (C=O) groups is 3. The summed E-state index contributed by atoms with van der Waals surface area (Å²) in [4.78, 5) is 39.7. The molecule has 1 heterocycles. The number of hydroxylamine groups is 1. The molecule has 178 valence electrons. The van der Waals surface area contributed by atoms with Gasteiger partial charge >= 0.3 is 0 Å². The van der Waals surface area contributed by atoms with Crippen molar-refractivity contribution in [1.82, 2.24) is 15.3 Å². The normalized spacial score (nSPS) is 19.0. The molecule has 0 saturated carbocycles. The number of amides is 2. The van der Waals surface area contributed by atoms with Crippen LogP contribution >= 0.6 is 0 Å². The molecule has 0 aliphatic carbocycles. The van der Waals surface area contributed by atoms with Crippen LogP contribution in [0.3, 0.4) is 0 Å². The second-order valence-corrected chi connectivity index (χ2v) is 8.69. The molecule has 1 aliphatic rings. The van der Waals surface area contributed by atoms with Crippen LogP contribution in [0.15, 0.2) is 60.7 Å². The zero-order valence-electron chi connectivity index (χ0n) is 19.8. The van der Waals surface area contributed by atoms with Gasteiger partial charge in [0.15, 0.2) is 5.78 Å². The molecule has 3 rings (SSSR count). The summed E-state index contributed by atoms with van der Waals surface area (Å²) in [6.07, 6.45) is 6.10. The molecule has 7 heteroatoms. The van der Waals surface area contributed by atoms with Crippen LogP contribution in [-0.2, 0) is 16.1 Å². The number of allylic oxidation sites excluding steroid dienone is 1. The zero-order valence-corrected chi connectivity index (χ0v) is 19.8. The Hall–Kier alpha value is -3.55. The van der Waals surface area contributed by atoms with Gasteiger partial charge in [-0.25, -0.2) is 5.48 Å². The molecule has 0 radical (unpaired) electrons. The molecule has 2 atom stereocenters. The maximum Gasteiger partial charge on any atom is 0.267 e. The number of carbonyl (C=O) groups excluding carboxylic acids is 3. The maximum atomic E-state index is 12.6. The van der Waals surface area contributed by atoms with Gasteiger partial charge < -0.3 is 4.90 Å². The van der Waals surface area contributed by atoms with Crippen molar-refractivity contribution in [1.29, 1.82) is 0 Å². The van der Waals surface area contributed by atoms with E-state index in [1.165, 1.54) is 11.6 Å². The smallest absolute Gasteiger partial charge is 0.267 e. The Kier molecular flexibility index (Phi) is 8.51. The molecule has 0 spiro atoms. The first kappa shape index (κ1) is 25.1. The number of hydrogen-bond acceptors (Lipinski definition) is 5. The standard InChI is InChI=1S/C27H31N3O4/c1-19-16-29(17-20(2)30(19)21(3)31)18-24-8-12-25(13-9-24)26(32)14-10-22-4-6-23(7-5-22)11-15-27(33)28-34/h4-15,19-20,34H,16-18H2,1-3H3,(H,28,33)/b14-10+,15-11+/t19-,20+. The Labute approximate surface area is 200 Å². The highest BCUT2D eigenvalue weighted by atomic mass is 16.5. The van der Waals surface area contributed by atoms with Crippen molar-refractivity contribution in [2.45, 2.75) is 39.4 Å². The minimum atomic E-state index is -0.597. The second-order valence-electron chi connectivity index (χ2n) is 8.69. The number of nitrogens with zero attached hydrogens (tertiary/aromatic N) is 2. The Morgan fingerprint density at radius 3 is 1.94 bits per heavy atom. The summed E-state index contributed by atoms with van der Waals surface area (Å²) < 4.78 is 0. The lowest BCUT2D eigenvalue weighted by atomic mass is 10.0. The molecule has 0 bridgehead atoms. The molecule has 1 aliphatic heterocycles. The van der Waals surface area contributed by atoms with Gasteiger partial charge in [0, 0.05) is 50.3 Å². The van der Waals surface area contributed by atoms with Crippen molar-refractivity contribution in [3.05, 3.63) is 82.9 Å². The van der Waals surface area contributed by atoms with Gasteiger partial charge in [-0.3, -0.25) is 24.5 Å². The van der Waals surface area contributed by atoms with Crippen molar-refractivity contribution in [3.8, 4) is 0 Å². The fraction of sp³-hybridized carbons (Fsp3) is 0.296. The highest BCUT2D eigenvalue weighted by Crippen LogP contribution is 2.19. The number of hydrogen-bond donors (Lipinski definition) is 2. The van der Waals surface area contributed by atoms with Crippen LogP contribution in [0.1, 0.15) is 47.8 Å². The Balaban J connectivity index is 1.56. The number of rotatable bonds is 7. The average molecular weight is 462 g/mol. The van der Waals surface area contributed by atoms with Crippen molar-refractivity contribution >= 4 is 29.7 Å². The number of nitrogens with one attached hydrogen (secondary N) is 1. The van der Waals surface area contributed by atoms with Gasteiger partial charge in [0.25, 0.3) is 5.91 Å². The second kappa shape index (κ2) is 11.5. The molecule has 0 aromatic heterocycles. The third kappa shape index (κ3) is 6.73. The Bertz CT molecular complexity index is 1060. The monoisotopic (exact) mass is 461 g/mol. The Morgan fingerprint density at radius 1 is 0.912 bits per heavy atom. The van der Waals surface area contributed by atoms with Crippen LogP contribution in [-0.4, -0.2) is 57.8 Å². The molecule has 1 fully saturated rings. The minimum absolute atomic E-state index is 0.0764. The van der Waals surface area contributed by atoms with Gasteiger partial charge in [0.1, 0.15) is 0 Å². The Morgan fingerprint density at radius 2 is 1.44 bits per heavy atom. The first-order chi connectivity index (χ1) is 16.3. The molecule has 2 aromatic carbocycles. The van der Waals surface area contributed by atoms with Crippen LogP contribution in [0.4, 0.5) is 0 Å². The number of piperazine rings is 1. The van der Waals surface area contributed by atoms with Crippen LogP contribution in [0.25, 0.3) is 12.2 Å². The van der Waals surface area contributed by atoms with E-state index in [-0.39, 0.29) is 23.8 Å². The van der Waals surface area contributed by atoms with E-state index in [1.54, 1.807) is 25.2 Å². The molecule has 7 nitrogen and oxygen atoms in total. The van der Waals surface area contributed by atoms with Crippen molar-refractivity contribution in [2.75, 3.05) is 13.1 Å². The molecule has 0 unspecified atom stereocenters. The van der Waals surface area contributed by atoms with E-state index < -0.39 is 5.91 Å². The van der Waals surface area contributed by atoms with Gasteiger partial charge in [-0.05, 0) is 42.7 Å². The van der Waals surface area contributed by atoms with Crippen molar-refractivity contribution < 1.29 is 19.6 Å². The third-order valence-corrected chi connectivity index (χ3v) is 5.90. The largest absolute Gasteiger partial charge is 0.335 e. The molecular formula is C27H31N3O4. The van der Waals surface area contributed by atoms with Crippen molar-refractivity contribution in [3.63, 3.8) is 0 Å². The fourth-order valence-electron chi connectivity index (χ4n) is 4.41. The highest BCUT2D eigenvalue weighted by Gasteiger charge is 2.30. The summed E-state index contributed by atoms with van der Waals surface area (Å²) in [5.74, 6) is -0.553. The van der Waals surface area contributed by atoms with E-state index in [2.05, 4.69) is 18.7 Å². The highest BCUT2D eigenvalue weighted by molar-refractivity contribution is 6.06. The SMILES string of the molecule is CC(=O)N1[C@H](C)CN(Cc2ccc(C(=O)/C=C/c3ccc(/C=C/C(=O)NO)cc3)cc2)C[C@@H]1C. The lowest BCUT2D eigenvalue weighted by molar-refractivity contribution is -0.136. The van der Waals surface area contributed by atoms with E-state index in [1.807, 2.05) is 53.4 Å². The molecule has 2 aromatic rings. The molecule has 2 amide bonds. The quantitative estimate of drug-likeness (QED) is 0.285. The average Bonchev–Trinajstić information content (AvgIpc) is 2.81. The van der Waals surface area contributed by atoms with Crippen molar-refractivity contribution in [2.24, 2.45) is 0 Å². The summed E-state index contributed by atoms with van der Waals surface area (Å²) in [6.45, 7) is 8.23. The molecule has 1 saturated heterocycles. The number of benzene rings is 2. The van der Waals surface area contributed by atoms with Crippen LogP contribution in [0, 0.1) is 0 Å². The topological polar surface area (TPSA) is 90.0 Å². The van der Waals surface area contributed by atoms with Crippen LogP contribution < -0.4 is 5.48 Å². The molecular weight excluding hydrogens is 430 g/mol. The van der Waals surface area contributed by atoms with E-state index in [9.17, 15) is 14.4 Å². The van der Waals surface area contributed by atoms with E-state index in [0.717, 1.165) is 36.3 Å². The first-order valence-electron chi connectivity index (χ1n) is 11.3. The van der Waals surface area contributed by atoms with Gasteiger partial charge in [-0.15, -0.1) is 0 Å². The lowest BCUT2D eigenvalue weighted by Crippen LogP contribution is -2.57. The summed E-state index contributed by atoms with van der Waals surface area (Å²) in [5, 5.41) is 8.50. The van der Waals surface area contributed by atoms with E-state index >= 15 is 0 Å². The van der Waals surface area contributed by atoms with E-state index in [4.69, 9.17) is 5.21 Å². The van der Waals surface area contributed by atoms with E-state index in [0.29, 0.717) is 5.56 Å². The maximum absolute atomic E-state index is 12.6. The molecule has 34 heavy (non-hydrogen) atoms. The van der Waals surface area contributed by atoms with Gasteiger partial charge in [0.2, 0.25) is 5.91 Å². The summed E-state index contributed by atoms with van der Waals surface area (Å²) in [5.41, 5.74) is 4.96. The van der Waals surface area contributed by atoms with Crippen LogP contribution in [0.5, 0.6) is 0 Å². The van der Waals surface area contributed by atoms with Gasteiger partial charge in [0.05, 0.1) is 0 Å². The first-order valence-corrected chi connectivity index (χ1v) is 11.3. The van der Waals surface area contributed by atoms with Gasteiger partial charge in [-0.1, -0.05) is 54.6 Å². The number of ketones is 1. The lowest BCUT2D eigenvalue weighted by Gasteiger charge is -2.44.